The van der Waals surface area contributed by atoms with Crippen LogP contribution in [0, 0.1) is 11.8 Å². The zero-order valence-corrected chi connectivity index (χ0v) is 32.0. The first-order valence-corrected chi connectivity index (χ1v) is 18.7. The molecule has 3 N–H and O–H groups in total. The number of likely N-dealkylation sites (N-methyl/N-ethyl adjacent to an activating group) is 2. The van der Waals surface area contributed by atoms with Crippen LogP contribution in [0.25, 0.3) is 0 Å². The number of esters is 1. The van der Waals surface area contributed by atoms with Crippen molar-refractivity contribution in [3.05, 3.63) is 63.2 Å². The Bertz CT molecular complexity index is 1540. The first-order valence-electron chi connectivity index (χ1n) is 17.8. The first-order chi connectivity index (χ1) is 24.1. The second kappa shape index (κ2) is 19.5. The van der Waals surface area contributed by atoms with Crippen LogP contribution < -0.4 is 10.6 Å². The molecule has 1 aliphatic rings. The lowest BCUT2D eigenvalue weighted by Gasteiger charge is -2.34. The van der Waals surface area contributed by atoms with Gasteiger partial charge in [0, 0.05) is 37.0 Å². The quantitative estimate of drug-likeness (QED) is 0.183. The van der Waals surface area contributed by atoms with Gasteiger partial charge in [0.1, 0.15) is 16.7 Å². The van der Waals surface area contributed by atoms with Crippen LogP contribution in [0.15, 0.2) is 47.0 Å². The van der Waals surface area contributed by atoms with E-state index in [-0.39, 0.29) is 48.7 Å². The Hall–Kier alpha value is -4.10. The smallest absolute Gasteiger partial charge is 0.306 e. The summed E-state index contributed by atoms with van der Waals surface area (Å²) < 4.78 is 5.86. The third kappa shape index (κ3) is 12.0. The number of ether oxygens (including phenoxy) is 1. The number of thiazole rings is 1. The molecule has 5 atom stereocenters. The number of nitrogens with zero attached hydrogens (tertiary/aromatic N) is 3. The van der Waals surface area contributed by atoms with Gasteiger partial charge in [-0.2, -0.15) is 0 Å². The first kappa shape index (κ1) is 41.3. The number of benzene rings is 1. The average Bonchev–Trinajstić information content (AvgIpc) is 3.59. The molecule has 0 spiro atoms. The summed E-state index contributed by atoms with van der Waals surface area (Å²) in [6, 6.07) is 7.99. The monoisotopic (exact) mass is 725 g/mol. The van der Waals surface area contributed by atoms with Crippen LogP contribution in [0.4, 0.5) is 0 Å². The number of carbonyl (C=O) groups is 5. The number of hydrogen-bond donors (Lipinski definition) is 3. The summed E-state index contributed by atoms with van der Waals surface area (Å²) in [6.45, 7) is 11.6. The van der Waals surface area contributed by atoms with Gasteiger partial charge in [-0.1, -0.05) is 70.0 Å². The van der Waals surface area contributed by atoms with Gasteiger partial charge in [0.2, 0.25) is 11.8 Å². The fourth-order valence-electron chi connectivity index (χ4n) is 6.20. The standard InChI is InChI=1S/C38H55N5O7S/c1-9-32(44)50-31(21-30(23(2)3)43(8)37(47)33(24(4)5)41-35(46)29-17-13-14-18-42(29)7)36-40-28(22-51-36)34(45)39-27(19-25(6)38(48)49)20-26-15-11-10-12-16-26/h10-12,15-16,22,24-25,27,29,31,33H,9,13-14,17-21H2,1-8H3,(H,39,45)(H,41,46)(H,48,49)/t25-,27+,29+,31+,33-/m0/s1. The Morgan fingerprint density at radius 1 is 1.08 bits per heavy atom. The Labute approximate surface area is 306 Å². The summed E-state index contributed by atoms with van der Waals surface area (Å²) in [7, 11) is 3.58. The zero-order valence-electron chi connectivity index (χ0n) is 31.2. The number of nitrogens with one attached hydrogen (secondary N) is 2. The van der Waals surface area contributed by atoms with Crippen LogP contribution >= 0.6 is 11.3 Å². The molecule has 2 heterocycles. The van der Waals surface area contributed by atoms with Crippen molar-refractivity contribution < 1.29 is 33.8 Å². The van der Waals surface area contributed by atoms with Crippen molar-refractivity contribution in [2.75, 3.05) is 20.6 Å². The number of carbonyl (C=O) groups excluding carboxylic acids is 4. The summed E-state index contributed by atoms with van der Waals surface area (Å²) in [6.07, 6.45) is 2.75. The Kier molecular flexibility index (Phi) is 15.8. The molecule has 3 amide bonds. The third-order valence-corrected chi connectivity index (χ3v) is 10.2. The van der Waals surface area contributed by atoms with E-state index >= 15 is 0 Å². The number of likely N-dealkylation sites (tertiary alicyclic amines) is 1. The molecule has 280 valence electrons. The van der Waals surface area contributed by atoms with E-state index in [0.29, 0.717) is 17.1 Å². The molecule has 0 aliphatic carbocycles. The van der Waals surface area contributed by atoms with Crippen LogP contribution in [-0.2, 0) is 30.3 Å². The molecule has 0 bridgehead atoms. The van der Waals surface area contributed by atoms with E-state index in [1.165, 1.54) is 16.2 Å². The van der Waals surface area contributed by atoms with Gasteiger partial charge < -0.3 is 25.4 Å². The van der Waals surface area contributed by atoms with Gasteiger partial charge >= 0.3 is 11.9 Å². The number of allylic oxidation sites excluding steroid dienone is 1. The molecule has 1 aliphatic heterocycles. The molecule has 51 heavy (non-hydrogen) atoms. The highest BCUT2D eigenvalue weighted by atomic mass is 32.1. The van der Waals surface area contributed by atoms with E-state index in [1.807, 2.05) is 70.0 Å². The van der Waals surface area contributed by atoms with E-state index in [4.69, 9.17) is 4.74 Å². The topological polar surface area (TPSA) is 158 Å². The fourth-order valence-corrected chi connectivity index (χ4v) is 7.03. The van der Waals surface area contributed by atoms with Gasteiger partial charge in [-0.15, -0.1) is 11.3 Å². The number of aliphatic carboxylic acids is 1. The van der Waals surface area contributed by atoms with Crippen LogP contribution in [0.5, 0.6) is 0 Å². The molecule has 2 aromatic rings. The van der Waals surface area contributed by atoms with Gasteiger partial charge in [-0.3, -0.25) is 28.9 Å². The number of carboxylic acids is 1. The summed E-state index contributed by atoms with van der Waals surface area (Å²) in [4.78, 5) is 73.2. The minimum absolute atomic E-state index is 0.113. The molecule has 3 rings (SSSR count). The minimum atomic E-state index is -0.948. The van der Waals surface area contributed by atoms with Gasteiger partial charge in [0.05, 0.1) is 12.0 Å². The van der Waals surface area contributed by atoms with E-state index in [2.05, 4.69) is 15.6 Å². The maximum absolute atomic E-state index is 14.0. The highest BCUT2D eigenvalue weighted by Gasteiger charge is 2.34. The number of piperidine rings is 1. The molecular formula is C38H55N5O7S. The lowest BCUT2D eigenvalue weighted by Crippen LogP contribution is -2.55. The number of aromatic nitrogens is 1. The highest BCUT2D eigenvalue weighted by Crippen LogP contribution is 2.32. The maximum Gasteiger partial charge on any atom is 0.306 e. The average molecular weight is 726 g/mol. The van der Waals surface area contributed by atoms with Gasteiger partial charge in [-0.25, -0.2) is 4.98 Å². The van der Waals surface area contributed by atoms with E-state index in [1.54, 1.807) is 26.3 Å². The number of amides is 3. The number of hydrogen-bond acceptors (Lipinski definition) is 9. The number of rotatable bonds is 17. The van der Waals surface area contributed by atoms with Crippen LogP contribution in [0.3, 0.4) is 0 Å². The molecule has 1 fully saturated rings. The molecule has 0 radical (unpaired) electrons. The van der Waals surface area contributed by atoms with Gasteiger partial charge in [0.25, 0.3) is 5.91 Å². The molecule has 1 saturated heterocycles. The van der Waals surface area contributed by atoms with Crippen molar-refractivity contribution in [1.82, 2.24) is 25.4 Å². The SMILES string of the molecule is CCC(=O)O[C@H](CC(=C(C)C)N(C)C(=O)[C@@H](NC(=O)[C@H]1CCCCN1C)C(C)C)c1nc(C(=O)N[C@@H](Cc2ccccc2)C[C@H](C)C(=O)O)cs1. The summed E-state index contributed by atoms with van der Waals surface area (Å²) in [5.41, 5.74) is 2.50. The normalized spacial score (nSPS) is 17.1. The second-order valence-corrected chi connectivity index (χ2v) is 14.9. The highest BCUT2D eigenvalue weighted by molar-refractivity contribution is 7.09. The second-order valence-electron chi connectivity index (χ2n) is 14.0. The molecule has 1 aromatic carbocycles. The van der Waals surface area contributed by atoms with Crippen molar-refractivity contribution in [3.63, 3.8) is 0 Å². The molecule has 13 heteroatoms. The van der Waals surface area contributed by atoms with Crippen molar-refractivity contribution in [3.8, 4) is 0 Å². The van der Waals surface area contributed by atoms with Crippen LogP contribution in [0.1, 0.15) is 107 Å². The summed E-state index contributed by atoms with van der Waals surface area (Å²) in [5, 5.41) is 17.5. The molecule has 12 nitrogen and oxygen atoms in total. The minimum Gasteiger partial charge on any atom is -0.481 e. The van der Waals surface area contributed by atoms with E-state index < -0.39 is 42.0 Å². The summed E-state index contributed by atoms with van der Waals surface area (Å²) in [5.74, 6) is -3.19. The largest absolute Gasteiger partial charge is 0.481 e. The van der Waals surface area contributed by atoms with E-state index in [0.717, 1.165) is 36.9 Å². The van der Waals surface area contributed by atoms with Crippen molar-refractivity contribution in [2.45, 2.75) is 111 Å². The van der Waals surface area contributed by atoms with Crippen molar-refractivity contribution >= 4 is 41.0 Å². The lowest BCUT2D eigenvalue weighted by molar-refractivity contribution is -0.149. The molecular weight excluding hydrogens is 671 g/mol. The molecule has 0 unspecified atom stereocenters. The predicted octanol–water partition coefficient (Wildman–Crippen LogP) is 5.36. The lowest BCUT2D eigenvalue weighted by atomic mass is 9.96. The Morgan fingerprint density at radius 3 is 2.35 bits per heavy atom. The number of carboxylic acid groups (broad SMARTS) is 1. The van der Waals surface area contributed by atoms with Gasteiger partial charge in [0.15, 0.2) is 6.10 Å². The Balaban J connectivity index is 1.83. The third-order valence-electron chi connectivity index (χ3n) is 9.31. The molecule has 1 aromatic heterocycles. The summed E-state index contributed by atoms with van der Waals surface area (Å²) >= 11 is 1.17. The Morgan fingerprint density at radius 2 is 1.76 bits per heavy atom. The zero-order chi connectivity index (χ0) is 37.8. The predicted molar refractivity (Wildman–Crippen MR) is 197 cm³/mol. The molecule has 0 saturated carbocycles. The van der Waals surface area contributed by atoms with Gasteiger partial charge in [-0.05, 0) is 64.6 Å². The van der Waals surface area contributed by atoms with Crippen molar-refractivity contribution in [2.24, 2.45) is 11.8 Å². The van der Waals surface area contributed by atoms with Crippen LogP contribution in [-0.4, -0.2) is 88.3 Å². The maximum atomic E-state index is 14.0. The van der Waals surface area contributed by atoms with Crippen LogP contribution in [0.2, 0.25) is 0 Å². The van der Waals surface area contributed by atoms with E-state index in [9.17, 15) is 29.1 Å². The fraction of sp³-hybridized carbons (Fsp3) is 0.579. The van der Waals surface area contributed by atoms with Crippen molar-refractivity contribution in [1.29, 1.82) is 0 Å².